The Bertz CT molecular complexity index is 336. The minimum Gasteiger partial charge on any atom is -0.405 e. The highest BCUT2D eigenvalue weighted by atomic mass is 15.3. The molecule has 5 heteroatoms. The van der Waals surface area contributed by atoms with Crippen LogP contribution >= 0.6 is 0 Å². The summed E-state index contributed by atoms with van der Waals surface area (Å²) in [6, 6.07) is 0. The van der Waals surface area contributed by atoms with E-state index in [2.05, 4.69) is 10.4 Å². The molecule has 1 heterocycles. The van der Waals surface area contributed by atoms with Gasteiger partial charge in [0.2, 0.25) is 0 Å². The summed E-state index contributed by atoms with van der Waals surface area (Å²) in [5.41, 5.74) is 6.29. The van der Waals surface area contributed by atoms with Crippen molar-refractivity contribution in [2.75, 3.05) is 12.4 Å². The van der Waals surface area contributed by atoms with E-state index in [1.54, 1.807) is 17.9 Å². The van der Waals surface area contributed by atoms with Crippen LogP contribution in [0.2, 0.25) is 0 Å². The first-order chi connectivity index (χ1) is 6.20. The van der Waals surface area contributed by atoms with Crippen LogP contribution in [0.3, 0.4) is 0 Å². The third-order valence-electron chi connectivity index (χ3n) is 1.73. The van der Waals surface area contributed by atoms with Crippen LogP contribution in [0.4, 0.5) is 5.82 Å². The third kappa shape index (κ3) is 1.69. The number of hydrogen-bond donors (Lipinski definition) is 3. The van der Waals surface area contributed by atoms with Crippen molar-refractivity contribution >= 4 is 11.5 Å². The van der Waals surface area contributed by atoms with Gasteiger partial charge in [0, 0.05) is 14.1 Å². The van der Waals surface area contributed by atoms with Crippen LogP contribution in [0.5, 0.6) is 0 Å². The molecule has 0 unspecified atom stereocenters. The average molecular weight is 179 g/mol. The summed E-state index contributed by atoms with van der Waals surface area (Å²) in [5.74, 6) is 0.808. The van der Waals surface area contributed by atoms with Crippen molar-refractivity contribution in [3.05, 3.63) is 24.0 Å². The van der Waals surface area contributed by atoms with Gasteiger partial charge >= 0.3 is 0 Å². The zero-order valence-electron chi connectivity index (χ0n) is 7.70. The molecule has 0 bridgehead atoms. The summed E-state index contributed by atoms with van der Waals surface area (Å²) in [7, 11) is 3.61. The minimum atomic E-state index is 0.347. The second-order valence-corrected chi connectivity index (χ2v) is 2.55. The SMILES string of the molecule is CNc1c(C(=N)/C=C\N)cnn1C. The molecule has 5 nitrogen and oxygen atoms in total. The number of anilines is 1. The summed E-state index contributed by atoms with van der Waals surface area (Å²) in [6.45, 7) is 0. The fraction of sp³-hybridized carbons (Fsp3) is 0.250. The van der Waals surface area contributed by atoms with Gasteiger partial charge in [-0.05, 0) is 12.3 Å². The number of aromatic nitrogens is 2. The van der Waals surface area contributed by atoms with Crippen molar-refractivity contribution in [2.45, 2.75) is 0 Å². The minimum absolute atomic E-state index is 0.347. The van der Waals surface area contributed by atoms with Gasteiger partial charge < -0.3 is 16.5 Å². The number of aryl methyl sites for hydroxylation is 1. The lowest BCUT2D eigenvalue weighted by atomic mass is 10.2. The van der Waals surface area contributed by atoms with Crippen molar-refractivity contribution in [3.63, 3.8) is 0 Å². The van der Waals surface area contributed by atoms with E-state index in [9.17, 15) is 0 Å². The fourth-order valence-corrected chi connectivity index (χ4v) is 1.12. The molecule has 0 aliphatic carbocycles. The molecule has 0 aliphatic heterocycles. The van der Waals surface area contributed by atoms with Gasteiger partial charge in [-0.2, -0.15) is 5.10 Å². The third-order valence-corrected chi connectivity index (χ3v) is 1.73. The molecule has 1 rings (SSSR count). The number of nitrogens with zero attached hydrogens (tertiary/aromatic N) is 2. The number of nitrogens with one attached hydrogen (secondary N) is 2. The Balaban J connectivity index is 3.07. The molecule has 0 aromatic carbocycles. The quantitative estimate of drug-likeness (QED) is 0.584. The Labute approximate surface area is 76.7 Å². The van der Waals surface area contributed by atoms with Gasteiger partial charge in [-0.25, -0.2) is 0 Å². The highest BCUT2D eigenvalue weighted by Crippen LogP contribution is 2.13. The van der Waals surface area contributed by atoms with Crippen molar-refractivity contribution in [2.24, 2.45) is 12.8 Å². The van der Waals surface area contributed by atoms with E-state index >= 15 is 0 Å². The molecular weight excluding hydrogens is 166 g/mol. The summed E-state index contributed by atoms with van der Waals surface area (Å²) in [5, 5.41) is 14.6. The molecule has 0 aliphatic rings. The topological polar surface area (TPSA) is 79.7 Å². The number of allylic oxidation sites excluding steroid dienone is 1. The van der Waals surface area contributed by atoms with Gasteiger partial charge in [0.05, 0.1) is 17.5 Å². The van der Waals surface area contributed by atoms with E-state index in [1.807, 2.05) is 7.05 Å². The van der Waals surface area contributed by atoms with Crippen LogP contribution < -0.4 is 11.1 Å². The lowest BCUT2D eigenvalue weighted by Crippen LogP contribution is -2.03. The van der Waals surface area contributed by atoms with Crippen LogP contribution in [-0.2, 0) is 7.05 Å². The molecule has 0 saturated carbocycles. The van der Waals surface area contributed by atoms with E-state index in [-0.39, 0.29) is 0 Å². The van der Waals surface area contributed by atoms with E-state index in [4.69, 9.17) is 11.1 Å². The van der Waals surface area contributed by atoms with Gasteiger partial charge in [0.15, 0.2) is 0 Å². The molecular formula is C8H13N5. The molecule has 13 heavy (non-hydrogen) atoms. The molecule has 1 aromatic heterocycles. The lowest BCUT2D eigenvalue weighted by molar-refractivity contribution is 0.774. The molecule has 0 saturated heterocycles. The first kappa shape index (κ1) is 9.31. The summed E-state index contributed by atoms with van der Waals surface area (Å²) < 4.78 is 1.67. The van der Waals surface area contributed by atoms with Gasteiger partial charge in [-0.15, -0.1) is 0 Å². The highest BCUT2D eigenvalue weighted by molar-refractivity contribution is 6.09. The fourth-order valence-electron chi connectivity index (χ4n) is 1.12. The van der Waals surface area contributed by atoms with E-state index in [0.717, 1.165) is 11.4 Å². The second-order valence-electron chi connectivity index (χ2n) is 2.55. The zero-order chi connectivity index (χ0) is 9.84. The van der Waals surface area contributed by atoms with E-state index in [0.29, 0.717) is 5.71 Å². The molecule has 70 valence electrons. The van der Waals surface area contributed by atoms with Gasteiger partial charge in [-0.3, -0.25) is 4.68 Å². The van der Waals surface area contributed by atoms with Gasteiger partial charge in [0.25, 0.3) is 0 Å². The smallest absolute Gasteiger partial charge is 0.133 e. The summed E-state index contributed by atoms with van der Waals surface area (Å²) >= 11 is 0. The van der Waals surface area contributed by atoms with Crippen molar-refractivity contribution in [1.29, 1.82) is 5.41 Å². The first-order valence-corrected chi connectivity index (χ1v) is 3.87. The zero-order valence-corrected chi connectivity index (χ0v) is 7.70. The predicted octanol–water partition coefficient (Wildman–Crippen LogP) is 0.302. The largest absolute Gasteiger partial charge is 0.405 e. The predicted molar refractivity (Wildman–Crippen MR) is 52.9 cm³/mol. The Hall–Kier alpha value is -1.78. The molecule has 0 radical (unpaired) electrons. The Morgan fingerprint density at radius 1 is 1.77 bits per heavy atom. The Morgan fingerprint density at radius 3 is 3.00 bits per heavy atom. The monoisotopic (exact) mass is 179 g/mol. The summed E-state index contributed by atoms with van der Waals surface area (Å²) in [6.07, 6.45) is 4.50. The molecule has 0 atom stereocenters. The molecule has 0 fully saturated rings. The number of nitrogens with two attached hydrogens (primary N) is 1. The molecule has 0 amide bonds. The summed E-state index contributed by atoms with van der Waals surface area (Å²) in [4.78, 5) is 0. The van der Waals surface area contributed by atoms with Crippen LogP contribution in [0.15, 0.2) is 18.5 Å². The van der Waals surface area contributed by atoms with Gasteiger partial charge in [-0.1, -0.05) is 0 Å². The van der Waals surface area contributed by atoms with Crippen LogP contribution in [-0.4, -0.2) is 22.5 Å². The van der Waals surface area contributed by atoms with Crippen LogP contribution in [0.25, 0.3) is 0 Å². The maximum atomic E-state index is 7.63. The van der Waals surface area contributed by atoms with Gasteiger partial charge in [0.1, 0.15) is 5.82 Å². The van der Waals surface area contributed by atoms with Crippen molar-refractivity contribution < 1.29 is 0 Å². The van der Waals surface area contributed by atoms with Crippen molar-refractivity contribution in [1.82, 2.24) is 9.78 Å². The second kappa shape index (κ2) is 3.75. The molecule has 1 aromatic rings. The van der Waals surface area contributed by atoms with Crippen molar-refractivity contribution in [3.8, 4) is 0 Å². The van der Waals surface area contributed by atoms with E-state index < -0.39 is 0 Å². The normalized spacial score (nSPS) is 10.6. The average Bonchev–Trinajstić information content (AvgIpc) is 2.47. The Morgan fingerprint density at radius 2 is 2.46 bits per heavy atom. The maximum absolute atomic E-state index is 7.63. The maximum Gasteiger partial charge on any atom is 0.133 e. The number of rotatable bonds is 3. The van der Waals surface area contributed by atoms with Crippen LogP contribution in [0, 0.1) is 5.41 Å². The highest BCUT2D eigenvalue weighted by Gasteiger charge is 2.08. The Kier molecular flexibility index (Phi) is 2.69. The molecule has 4 N–H and O–H groups in total. The molecule has 0 spiro atoms. The van der Waals surface area contributed by atoms with Crippen LogP contribution in [0.1, 0.15) is 5.56 Å². The number of hydrogen-bond acceptors (Lipinski definition) is 4. The van der Waals surface area contributed by atoms with E-state index in [1.165, 1.54) is 12.3 Å². The lowest BCUT2D eigenvalue weighted by Gasteiger charge is -2.02. The standard InChI is InChI=1S/C8H13N5/c1-11-8-6(5-12-13(8)2)7(10)3-4-9/h3-5,10-11H,9H2,1-2H3/b4-3-,10-7?. The first-order valence-electron chi connectivity index (χ1n) is 3.87.